The van der Waals surface area contributed by atoms with E-state index in [-0.39, 0.29) is 28.4 Å². The summed E-state index contributed by atoms with van der Waals surface area (Å²) in [5, 5.41) is 0. The number of sulfone groups is 2. The Bertz CT molecular complexity index is 1390. The Morgan fingerprint density at radius 3 is 2.44 bits per heavy atom. The van der Waals surface area contributed by atoms with Crippen LogP contribution in [0.4, 0.5) is 0 Å². The maximum atomic E-state index is 12.5. The average Bonchev–Trinajstić information content (AvgIpc) is 3.08. The van der Waals surface area contributed by atoms with Crippen LogP contribution in [0.5, 0.6) is 0 Å². The van der Waals surface area contributed by atoms with Gasteiger partial charge in [-0.1, -0.05) is 29.5 Å². The molecule has 32 heavy (non-hydrogen) atoms. The minimum Gasteiger partial charge on any atom is -0.383 e. The number of carbonyl (C=O) groups excluding carboxylic acids is 1. The van der Waals surface area contributed by atoms with E-state index in [2.05, 4.69) is 4.99 Å². The standard InChI is InChI=1S/C21H24N2O6S3/c1-29-13-12-23-18-11-10-17(31(2,25)26)15-19(18)30-21(23)22-20(24)9-6-14-32(27,28)16-7-4-3-5-8-16/h3-5,7-8,10-11,15H,6,9,12-14H2,1-2H3. The van der Waals surface area contributed by atoms with Gasteiger partial charge in [0.1, 0.15) is 0 Å². The third-order valence-corrected chi connectivity index (χ3v) is 8.70. The van der Waals surface area contributed by atoms with Gasteiger partial charge in [0.15, 0.2) is 24.5 Å². The van der Waals surface area contributed by atoms with Crippen LogP contribution in [0.3, 0.4) is 0 Å². The lowest BCUT2D eigenvalue weighted by Crippen LogP contribution is -2.19. The third-order valence-electron chi connectivity index (χ3n) is 4.73. The lowest BCUT2D eigenvalue weighted by molar-refractivity contribution is -0.118. The summed E-state index contributed by atoms with van der Waals surface area (Å²) in [7, 11) is -5.27. The molecule has 3 aromatic rings. The first kappa shape index (κ1) is 24.3. The van der Waals surface area contributed by atoms with Crippen LogP contribution in [0, 0.1) is 0 Å². The van der Waals surface area contributed by atoms with Crippen LogP contribution in [-0.2, 0) is 35.8 Å². The summed E-state index contributed by atoms with van der Waals surface area (Å²) in [6.07, 6.45) is 1.28. The molecule has 11 heteroatoms. The van der Waals surface area contributed by atoms with Crippen molar-refractivity contribution in [3.8, 4) is 0 Å². The van der Waals surface area contributed by atoms with Crippen LogP contribution in [-0.4, -0.2) is 53.0 Å². The molecule has 0 radical (unpaired) electrons. The van der Waals surface area contributed by atoms with Crippen molar-refractivity contribution < 1.29 is 26.4 Å². The van der Waals surface area contributed by atoms with Crippen LogP contribution in [0.15, 0.2) is 63.3 Å². The SMILES string of the molecule is COCCn1c(=NC(=O)CCCS(=O)(=O)c2ccccc2)sc2cc(S(C)(=O)=O)ccc21. The number of hydrogen-bond donors (Lipinski definition) is 0. The topological polar surface area (TPSA) is 112 Å². The van der Waals surface area contributed by atoms with E-state index in [4.69, 9.17) is 4.74 Å². The number of benzene rings is 2. The van der Waals surface area contributed by atoms with E-state index in [9.17, 15) is 21.6 Å². The molecule has 0 fully saturated rings. The molecule has 1 aromatic heterocycles. The van der Waals surface area contributed by atoms with Gasteiger partial charge in [0.25, 0.3) is 0 Å². The van der Waals surface area contributed by atoms with E-state index < -0.39 is 25.6 Å². The molecule has 0 spiro atoms. The predicted molar refractivity (Wildman–Crippen MR) is 123 cm³/mol. The van der Waals surface area contributed by atoms with Crippen molar-refractivity contribution in [2.45, 2.75) is 29.2 Å². The van der Waals surface area contributed by atoms with Crippen LogP contribution >= 0.6 is 11.3 Å². The van der Waals surface area contributed by atoms with Crippen molar-refractivity contribution in [1.29, 1.82) is 0 Å². The van der Waals surface area contributed by atoms with Crippen molar-refractivity contribution in [1.82, 2.24) is 4.57 Å². The molecule has 0 unspecified atom stereocenters. The molecule has 0 aliphatic carbocycles. The molecular formula is C21H24N2O6S3. The van der Waals surface area contributed by atoms with Gasteiger partial charge >= 0.3 is 0 Å². The lowest BCUT2D eigenvalue weighted by atomic mass is 10.3. The number of hydrogen-bond acceptors (Lipinski definition) is 7. The second kappa shape index (κ2) is 10.1. The van der Waals surface area contributed by atoms with E-state index >= 15 is 0 Å². The molecule has 0 atom stereocenters. The lowest BCUT2D eigenvalue weighted by Gasteiger charge is -2.05. The highest BCUT2D eigenvalue weighted by Crippen LogP contribution is 2.22. The molecule has 1 heterocycles. The molecule has 172 valence electrons. The number of amides is 1. The van der Waals surface area contributed by atoms with Gasteiger partial charge in [0.2, 0.25) is 5.91 Å². The molecule has 0 saturated heterocycles. The van der Waals surface area contributed by atoms with Crippen molar-refractivity contribution in [2.75, 3.05) is 25.7 Å². The highest BCUT2D eigenvalue weighted by molar-refractivity contribution is 7.91. The Morgan fingerprint density at radius 2 is 1.78 bits per heavy atom. The quantitative estimate of drug-likeness (QED) is 0.450. The summed E-state index contributed by atoms with van der Waals surface area (Å²) in [6.45, 7) is 0.819. The summed E-state index contributed by atoms with van der Waals surface area (Å²) in [5.41, 5.74) is 0.748. The molecule has 1 amide bonds. The minimum atomic E-state index is -3.46. The van der Waals surface area contributed by atoms with E-state index in [1.807, 2.05) is 0 Å². The number of fused-ring (bicyclic) bond motifs is 1. The second-order valence-corrected chi connectivity index (χ2v) is 12.3. The number of aromatic nitrogens is 1. The van der Waals surface area contributed by atoms with Crippen molar-refractivity contribution in [3.05, 3.63) is 53.3 Å². The first-order valence-electron chi connectivity index (χ1n) is 9.79. The van der Waals surface area contributed by atoms with Crippen LogP contribution in [0.25, 0.3) is 10.2 Å². The monoisotopic (exact) mass is 496 g/mol. The second-order valence-electron chi connectivity index (χ2n) is 7.17. The van der Waals surface area contributed by atoms with Gasteiger partial charge in [-0.3, -0.25) is 4.79 Å². The molecule has 2 aromatic carbocycles. The first-order chi connectivity index (χ1) is 15.1. The summed E-state index contributed by atoms with van der Waals surface area (Å²) in [4.78, 5) is 17.5. The van der Waals surface area contributed by atoms with Crippen molar-refractivity contribution in [3.63, 3.8) is 0 Å². The molecule has 0 aliphatic heterocycles. The normalized spacial score (nSPS) is 13.0. The minimum absolute atomic E-state index is 0.0147. The molecule has 0 N–H and O–H groups in total. The van der Waals surface area contributed by atoms with Crippen LogP contribution < -0.4 is 4.80 Å². The summed E-state index contributed by atoms with van der Waals surface area (Å²) in [5.74, 6) is -0.583. The fourth-order valence-corrected chi connectivity index (χ4v) is 6.26. The van der Waals surface area contributed by atoms with Crippen molar-refractivity contribution in [2.24, 2.45) is 4.99 Å². The molecule has 8 nitrogen and oxygen atoms in total. The van der Waals surface area contributed by atoms with Gasteiger partial charge in [-0.2, -0.15) is 4.99 Å². The molecule has 0 aliphatic rings. The Hall–Kier alpha value is -2.34. The van der Waals surface area contributed by atoms with E-state index in [1.165, 1.54) is 29.5 Å². The number of methoxy groups -OCH3 is 1. The van der Waals surface area contributed by atoms with E-state index in [1.54, 1.807) is 42.0 Å². The Balaban J connectivity index is 1.83. The number of thiazole rings is 1. The summed E-state index contributed by atoms with van der Waals surface area (Å²) < 4.78 is 56.1. The fraction of sp³-hybridized carbons (Fsp3) is 0.333. The zero-order valence-corrected chi connectivity index (χ0v) is 20.2. The summed E-state index contributed by atoms with van der Waals surface area (Å²) >= 11 is 1.21. The third kappa shape index (κ3) is 5.91. The van der Waals surface area contributed by atoms with E-state index in [0.717, 1.165) is 11.8 Å². The van der Waals surface area contributed by atoms with Gasteiger partial charge in [0.05, 0.1) is 32.4 Å². The molecule has 0 bridgehead atoms. The highest BCUT2D eigenvalue weighted by Gasteiger charge is 2.15. The average molecular weight is 497 g/mol. The Kier molecular flexibility index (Phi) is 7.65. The Labute approximate surface area is 191 Å². The van der Waals surface area contributed by atoms with Crippen LogP contribution in [0.2, 0.25) is 0 Å². The van der Waals surface area contributed by atoms with Gasteiger partial charge < -0.3 is 9.30 Å². The molecule has 0 saturated carbocycles. The van der Waals surface area contributed by atoms with Gasteiger partial charge in [-0.25, -0.2) is 16.8 Å². The Morgan fingerprint density at radius 1 is 1.06 bits per heavy atom. The molecule has 3 rings (SSSR count). The zero-order valence-electron chi connectivity index (χ0n) is 17.7. The van der Waals surface area contributed by atoms with Gasteiger partial charge in [-0.05, 0) is 36.8 Å². The van der Waals surface area contributed by atoms with Gasteiger partial charge in [-0.15, -0.1) is 0 Å². The number of rotatable bonds is 9. The van der Waals surface area contributed by atoms with E-state index in [0.29, 0.717) is 22.7 Å². The fourth-order valence-electron chi connectivity index (χ4n) is 3.09. The smallest absolute Gasteiger partial charge is 0.248 e. The largest absolute Gasteiger partial charge is 0.383 e. The van der Waals surface area contributed by atoms with Gasteiger partial charge in [0, 0.05) is 26.3 Å². The zero-order chi connectivity index (χ0) is 23.4. The van der Waals surface area contributed by atoms with Crippen LogP contribution in [0.1, 0.15) is 12.8 Å². The highest BCUT2D eigenvalue weighted by atomic mass is 32.2. The summed E-state index contributed by atoms with van der Waals surface area (Å²) in [6, 6.07) is 12.9. The first-order valence-corrected chi connectivity index (χ1v) is 14.2. The molecular weight excluding hydrogens is 472 g/mol. The number of ether oxygens (including phenoxy) is 1. The maximum Gasteiger partial charge on any atom is 0.248 e. The number of carbonyl (C=O) groups is 1. The maximum absolute atomic E-state index is 12.5. The predicted octanol–water partition coefficient (Wildman–Crippen LogP) is 2.43. The number of nitrogens with zero attached hydrogens (tertiary/aromatic N) is 2. The van der Waals surface area contributed by atoms with Crippen molar-refractivity contribution >= 4 is 47.1 Å².